The average Bonchev–Trinajstić information content (AvgIpc) is 2.27. The quantitative estimate of drug-likeness (QED) is 0.810. The minimum atomic E-state index is -4.49. The molecular weight excluding hydrogens is 281 g/mol. The molecular formula is C11H21F3N2O2S. The van der Waals surface area contributed by atoms with Crippen molar-refractivity contribution in [3.63, 3.8) is 0 Å². The lowest BCUT2D eigenvalue weighted by atomic mass is 10.0. The number of hydrogen-bond donors (Lipinski definition) is 1. The molecule has 0 saturated carbocycles. The Balaban J connectivity index is 2.68. The molecule has 1 atom stereocenters. The number of hydrogen-bond acceptors (Lipinski definition) is 3. The molecule has 1 N–H and O–H groups in total. The third-order valence-electron chi connectivity index (χ3n) is 3.07. The van der Waals surface area contributed by atoms with Crippen LogP contribution in [0.2, 0.25) is 0 Å². The maximum absolute atomic E-state index is 12.4. The molecule has 1 saturated heterocycles. The van der Waals surface area contributed by atoms with Crippen molar-refractivity contribution in [2.45, 2.75) is 32.4 Å². The van der Waals surface area contributed by atoms with Crippen molar-refractivity contribution in [3.8, 4) is 0 Å². The van der Waals surface area contributed by atoms with Crippen LogP contribution in [-0.2, 0) is 10.0 Å². The molecule has 1 aliphatic heterocycles. The van der Waals surface area contributed by atoms with E-state index in [1.807, 2.05) is 0 Å². The van der Waals surface area contributed by atoms with Crippen LogP contribution in [0.1, 0.15) is 26.2 Å². The summed E-state index contributed by atoms with van der Waals surface area (Å²) in [5, 5.41) is 3.07. The predicted octanol–water partition coefficient (Wildman–Crippen LogP) is 1.59. The van der Waals surface area contributed by atoms with Gasteiger partial charge in [0, 0.05) is 6.54 Å². The van der Waals surface area contributed by atoms with Crippen molar-refractivity contribution in [2.75, 3.05) is 31.9 Å². The standard InChI is InChI=1S/C11H21F3N2O2S/c1-2-6-16(9-11(12,13)14)19(17,18)8-10-4-3-5-15-7-10/h10,15H,2-9H2,1H3. The van der Waals surface area contributed by atoms with E-state index in [1.54, 1.807) is 6.92 Å². The Hall–Kier alpha value is -0.340. The van der Waals surface area contributed by atoms with Crippen molar-refractivity contribution >= 4 is 10.0 Å². The summed E-state index contributed by atoms with van der Waals surface area (Å²) in [6.07, 6.45) is -2.50. The maximum Gasteiger partial charge on any atom is 0.402 e. The Labute approximate surface area is 112 Å². The molecule has 1 heterocycles. The van der Waals surface area contributed by atoms with Crippen molar-refractivity contribution < 1.29 is 21.6 Å². The Morgan fingerprint density at radius 3 is 2.53 bits per heavy atom. The van der Waals surface area contributed by atoms with E-state index < -0.39 is 22.7 Å². The number of sulfonamides is 1. The first-order chi connectivity index (χ1) is 8.74. The van der Waals surface area contributed by atoms with E-state index in [-0.39, 0.29) is 18.2 Å². The first-order valence-corrected chi connectivity index (χ1v) is 8.11. The molecule has 114 valence electrons. The molecule has 8 heteroatoms. The number of alkyl halides is 3. The molecule has 0 aromatic rings. The molecule has 0 radical (unpaired) electrons. The molecule has 0 bridgehead atoms. The second-order valence-corrected chi connectivity index (χ2v) is 6.95. The van der Waals surface area contributed by atoms with Crippen LogP contribution in [0.25, 0.3) is 0 Å². The number of rotatable bonds is 6. The van der Waals surface area contributed by atoms with Gasteiger partial charge in [-0.05, 0) is 38.3 Å². The summed E-state index contributed by atoms with van der Waals surface area (Å²) in [7, 11) is -3.84. The highest BCUT2D eigenvalue weighted by atomic mass is 32.2. The Morgan fingerprint density at radius 2 is 2.05 bits per heavy atom. The zero-order valence-electron chi connectivity index (χ0n) is 11.0. The minimum Gasteiger partial charge on any atom is -0.316 e. The zero-order valence-corrected chi connectivity index (χ0v) is 11.9. The van der Waals surface area contributed by atoms with E-state index in [9.17, 15) is 21.6 Å². The van der Waals surface area contributed by atoms with Gasteiger partial charge < -0.3 is 5.32 Å². The van der Waals surface area contributed by atoms with Gasteiger partial charge in [-0.25, -0.2) is 8.42 Å². The fraction of sp³-hybridized carbons (Fsp3) is 1.00. The fourth-order valence-corrected chi connectivity index (χ4v) is 4.13. The van der Waals surface area contributed by atoms with Gasteiger partial charge >= 0.3 is 6.18 Å². The summed E-state index contributed by atoms with van der Waals surface area (Å²) in [4.78, 5) is 0. The first-order valence-electron chi connectivity index (χ1n) is 6.50. The van der Waals surface area contributed by atoms with Crippen molar-refractivity contribution in [1.82, 2.24) is 9.62 Å². The second-order valence-electron chi connectivity index (χ2n) is 4.94. The van der Waals surface area contributed by atoms with E-state index in [0.717, 1.165) is 19.4 Å². The zero-order chi connectivity index (χ0) is 14.5. The third kappa shape index (κ3) is 6.09. The van der Waals surface area contributed by atoms with Gasteiger partial charge in [-0.1, -0.05) is 6.92 Å². The highest BCUT2D eigenvalue weighted by molar-refractivity contribution is 7.89. The molecule has 1 rings (SSSR count). The Kier molecular flexibility index (Phi) is 6.07. The maximum atomic E-state index is 12.4. The Bertz CT molecular complexity index is 365. The van der Waals surface area contributed by atoms with Gasteiger partial charge in [-0.15, -0.1) is 0 Å². The summed E-state index contributed by atoms with van der Waals surface area (Å²) in [6, 6.07) is 0. The van der Waals surface area contributed by atoms with Crippen molar-refractivity contribution in [2.24, 2.45) is 5.92 Å². The molecule has 1 aliphatic rings. The topological polar surface area (TPSA) is 49.4 Å². The second kappa shape index (κ2) is 6.90. The molecule has 1 fully saturated rings. The number of nitrogens with one attached hydrogen (secondary N) is 1. The molecule has 0 amide bonds. The molecule has 1 unspecified atom stereocenters. The number of piperidine rings is 1. The highest BCUT2D eigenvalue weighted by Gasteiger charge is 2.36. The number of halogens is 3. The average molecular weight is 302 g/mol. The molecule has 19 heavy (non-hydrogen) atoms. The molecule has 4 nitrogen and oxygen atoms in total. The van der Waals surface area contributed by atoms with Gasteiger partial charge in [0.25, 0.3) is 0 Å². The molecule has 0 spiro atoms. The van der Waals surface area contributed by atoms with E-state index >= 15 is 0 Å². The summed E-state index contributed by atoms with van der Waals surface area (Å²) >= 11 is 0. The van der Waals surface area contributed by atoms with Crippen LogP contribution in [0.4, 0.5) is 13.2 Å². The molecule has 0 aromatic carbocycles. The lowest BCUT2D eigenvalue weighted by molar-refractivity contribution is -0.136. The van der Waals surface area contributed by atoms with Gasteiger partial charge in [0.05, 0.1) is 5.75 Å². The highest BCUT2D eigenvalue weighted by Crippen LogP contribution is 2.21. The molecule has 0 aromatic heterocycles. The van der Waals surface area contributed by atoms with Crippen LogP contribution < -0.4 is 5.32 Å². The van der Waals surface area contributed by atoms with Crippen LogP contribution in [0.15, 0.2) is 0 Å². The van der Waals surface area contributed by atoms with Crippen molar-refractivity contribution in [1.29, 1.82) is 0 Å². The van der Waals surface area contributed by atoms with Crippen LogP contribution in [-0.4, -0.2) is 50.8 Å². The largest absolute Gasteiger partial charge is 0.402 e. The lowest BCUT2D eigenvalue weighted by Gasteiger charge is -2.27. The van der Waals surface area contributed by atoms with E-state index in [1.165, 1.54) is 0 Å². The lowest BCUT2D eigenvalue weighted by Crippen LogP contribution is -2.43. The van der Waals surface area contributed by atoms with Gasteiger partial charge in [0.2, 0.25) is 10.0 Å². The van der Waals surface area contributed by atoms with Gasteiger partial charge in [-0.3, -0.25) is 0 Å². The summed E-state index contributed by atoms with van der Waals surface area (Å²) in [5.74, 6) is -0.290. The SMILES string of the molecule is CCCN(CC(F)(F)F)S(=O)(=O)CC1CCCNC1. The normalized spacial score (nSPS) is 21.8. The van der Waals surface area contributed by atoms with Crippen molar-refractivity contribution in [3.05, 3.63) is 0 Å². The summed E-state index contributed by atoms with van der Waals surface area (Å²) in [6.45, 7) is 1.61. The van der Waals surface area contributed by atoms with Crippen LogP contribution in [0, 0.1) is 5.92 Å². The first kappa shape index (κ1) is 16.7. The summed E-state index contributed by atoms with van der Waals surface area (Å²) < 4.78 is 62.0. The van der Waals surface area contributed by atoms with Crippen LogP contribution >= 0.6 is 0 Å². The van der Waals surface area contributed by atoms with Crippen LogP contribution in [0.5, 0.6) is 0 Å². The minimum absolute atomic E-state index is 0.0814. The van der Waals surface area contributed by atoms with E-state index in [4.69, 9.17) is 0 Å². The third-order valence-corrected chi connectivity index (χ3v) is 5.06. The van der Waals surface area contributed by atoms with Gasteiger partial charge in [0.15, 0.2) is 0 Å². The van der Waals surface area contributed by atoms with Crippen LogP contribution in [0.3, 0.4) is 0 Å². The summed E-state index contributed by atoms with van der Waals surface area (Å²) in [5.41, 5.74) is 0. The van der Waals surface area contributed by atoms with Gasteiger partial charge in [0.1, 0.15) is 6.54 Å². The number of nitrogens with zero attached hydrogens (tertiary/aromatic N) is 1. The Morgan fingerprint density at radius 1 is 1.37 bits per heavy atom. The predicted molar refractivity (Wildman–Crippen MR) is 67.3 cm³/mol. The van der Waals surface area contributed by atoms with Gasteiger partial charge in [-0.2, -0.15) is 17.5 Å². The molecule has 0 aliphatic carbocycles. The van der Waals surface area contributed by atoms with E-state index in [2.05, 4.69) is 5.32 Å². The smallest absolute Gasteiger partial charge is 0.316 e. The van der Waals surface area contributed by atoms with E-state index in [0.29, 0.717) is 17.3 Å². The monoisotopic (exact) mass is 302 g/mol. The fourth-order valence-electron chi connectivity index (χ4n) is 2.24.